The first-order valence-electron chi connectivity index (χ1n) is 5.27. The minimum absolute atomic E-state index is 0.131. The topological polar surface area (TPSA) is 85.1 Å². The summed E-state index contributed by atoms with van der Waals surface area (Å²) in [5.74, 6) is 0. The van der Waals surface area contributed by atoms with Crippen molar-refractivity contribution in [2.75, 3.05) is 5.73 Å². The monoisotopic (exact) mass is 283 g/mol. The third-order valence-corrected chi connectivity index (χ3v) is 4.93. The molecule has 2 rings (SSSR count). The van der Waals surface area contributed by atoms with E-state index in [2.05, 4.69) is 9.71 Å². The summed E-state index contributed by atoms with van der Waals surface area (Å²) < 4.78 is 26.8. The lowest BCUT2D eigenvalue weighted by molar-refractivity contribution is 0.565. The number of thiophene rings is 1. The van der Waals surface area contributed by atoms with Crippen LogP contribution in [0.25, 0.3) is 0 Å². The van der Waals surface area contributed by atoms with Crippen molar-refractivity contribution in [2.24, 2.45) is 0 Å². The summed E-state index contributed by atoms with van der Waals surface area (Å²) in [6.45, 7) is 1.78. The summed E-state index contributed by atoms with van der Waals surface area (Å²) >= 11 is 1.49. The molecule has 1 unspecified atom stereocenters. The van der Waals surface area contributed by atoms with E-state index >= 15 is 0 Å². The van der Waals surface area contributed by atoms with Gasteiger partial charge in [0, 0.05) is 11.1 Å². The number of nitrogen functional groups attached to an aromatic ring is 1. The van der Waals surface area contributed by atoms with Crippen molar-refractivity contribution in [2.45, 2.75) is 18.0 Å². The largest absolute Gasteiger partial charge is 0.396 e. The van der Waals surface area contributed by atoms with Crippen LogP contribution in [0.5, 0.6) is 0 Å². The highest BCUT2D eigenvalue weighted by molar-refractivity contribution is 7.89. The molecule has 0 aliphatic carbocycles. The molecule has 3 N–H and O–H groups in total. The Balaban J connectivity index is 2.26. The van der Waals surface area contributed by atoms with Crippen molar-refractivity contribution in [3.05, 3.63) is 40.7 Å². The highest BCUT2D eigenvalue weighted by Crippen LogP contribution is 2.22. The minimum atomic E-state index is -3.70. The highest BCUT2D eigenvalue weighted by Gasteiger charge is 2.22. The average Bonchev–Trinajstić information content (AvgIpc) is 2.82. The van der Waals surface area contributed by atoms with Gasteiger partial charge in [-0.1, -0.05) is 6.07 Å². The second-order valence-electron chi connectivity index (χ2n) is 3.76. The van der Waals surface area contributed by atoms with E-state index in [1.165, 1.54) is 23.6 Å². The van der Waals surface area contributed by atoms with Crippen molar-refractivity contribution in [1.29, 1.82) is 0 Å². The lowest BCUT2D eigenvalue weighted by Crippen LogP contribution is -2.27. The molecule has 0 saturated carbocycles. The van der Waals surface area contributed by atoms with E-state index in [1.54, 1.807) is 13.0 Å². The van der Waals surface area contributed by atoms with E-state index in [4.69, 9.17) is 5.73 Å². The van der Waals surface area contributed by atoms with Crippen LogP contribution in [0.15, 0.2) is 40.9 Å². The molecule has 0 fully saturated rings. The number of rotatable bonds is 4. The van der Waals surface area contributed by atoms with Crippen LogP contribution in [0, 0.1) is 0 Å². The molecule has 5 nitrogen and oxygen atoms in total. The predicted molar refractivity (Wildman–Crippen MR) is 71.7 cm³/mol. The first-order valence-corrected chi connectivity index (χ1v) is 7.63. The zero-order valence-corrected chi connectivity index (χ0v) is 11.3. The first kappa shape index (κ1) is 13.0. The fourth-order valence-corrected chi connectivity index (χ4v) is 3.60. The number of nitrogens with zero attached hydrogens (tertiary/aromatic N) is 1. The smallest absolute Gasteiger partial charge is 0.260 e. The maximum Gasteiger partial charge on any atom is 0.260 e. The Morgan fingerprint density at radius 1 is 1.39 bits per heavy atom. The van der Waals surface area contributed by atoms with Crippen LogP contribution < -0.4 is 10.5 Å². The second kappa shape index (κ2) is 5.05. The SMILES string of the molecule is CC(NS(=O)(=O)c1ncccc1N)c1cccs1. The lowest BCUT2D eigenvalue weighted by atomic mass is 10.3. The van der Waals surface area contributed by atoms with Crippen LogP contribution in [0.2, 0.25) is 0 Å². The quantitative estimate of drug-likeness (QED) is 0.895. The van der Waals surface area contributed by atoms with Gasteiger partial charge in [-0.25, -0.2) is 18.1 Å². The molecule has 0 aromatic carbocycles. The van der Waals surface area contributed by atoms with Crippen molar-refractivity contribution < 1.29 is 8.42 Å². The second-order valence-corrected chi connectivity index (χ2v) is 6.36. The highest BCUT2D eigenvalue weighted by atomic mass is 32.2. The zero-order valence-electron chi connectivity index (χ0n) is 9.70. The molecule has 0 aliphatic heterocycles. The van der Waals surface area contributed by atoms with Gasteiger partial charge in [-0.05, 0) is 30.5 Å². The molecule has 96 valence electrons. The Bertz CT molecular complexity index is 623. The molecule has 0 spiro atoms. The summed E-state index contributed by atoms with van der Waals surface area (Å²) in [7, 11) is -3.70. The van der Waals surface area contributed by atoms with Gasteiger partial charge in [-0.2, -0.15) is 0 Å². The van der Waals surface area contributed by atoms with Crippen LogP contribution in [0.3, 0.4) is 0 Å². The van der Waals surface area contributed by atoms with Crippen molar-refractivity contribution >= 4 is 27.0 Å². The Kier molecular flexibility index (Phi) is 3.65. The number of nitrogens with two attached hydrogens (primary N) is 1. The predicted octanol–water partition coefficient (Wildman–Crippen LogP) is 1.76. The van der Waals surface area contributed by atoms with Gasteiger partial charge in [0.15, 0.2) is 5.03 Å². The zero-order chi connectivity index (χ0) is 13.2. The molecular weight excluding hydrogens is 270 g/mol. The van der Waals surface area contributed by atoms with E-state index in [0.29, 0.717) is 0 Å². The first-order chi connectivity index (χ1) is 8.50. The molecule has 0 aliphatic rings. The van der Waals surface area contributed by atoms with Gasteiger partial charge in [0.05, 0.1) is 11.7 Å². The number of anilines is 1. The van der Waals surface area contributed by atoms with Gasteiger partial charge in [0.1, 0.15) is 0 Å². The minimum Gasteiger partial charge on any atom is -0.396 e. The molecule has 0 bridgehead atoms. The number of nitrogens with one attached hydrogen (secondary N) is 1. The van der Waals surface area contributed by atoms with Crippen LogP contribution in [0.4, 0.5) is 5.69 Å². The molecule has 7 heteroatoms. The van der Waals surface area contributed by atoms with Gasteiger partial charge in [0.2, 0.25) is 0 Å². The number of sulfonamides is 1. The lowest BCUT2D eigenvalue weighted by Gasteiger charge is -2.13. The van der Waals surface area contributed by atoms with Gasteiger partial charge < -0.3 is 5.73 Å². The molecule has 2 aromatic rings. The number of hydrogen-bond donors (Lipinski definition) is 2. The molecule has 2 aromatic heterocycles. The van der Waals surface area contributed by atoms with E-state index < -0.39 is 10.0 Å². The van der Waals surface area contributed by atoms with Gasteiger partial charge in [-0.3, -0.25) is 0 Å². The Morgan fingerprint density at radius 3 is 2.78 bits per heavy atom. The van der Waals surface area contributed by atoms with Crippen LogP contribution in [-0.2, 0) is 10.0 Å². The summed E-state index contributed by atoms with van der Waals surface area (Å²) in [5, 5.41) is 1.77. The van der Waals surface area contributed by atoms with Gasteiger partial charge >= 0.3 is 0 Å². The maximum atomic E-state index is 12.1. The normalized spacial score (nSPS) is 13.4. The van der Waals surface area contributed by atoms with E-state index in [-0.39, 0.29) is 16.8 Å². The van der Waals surface area contributed by atoms with Gasteiger partial charge in [-0.15, -0.1) is 11.3 Å². The third-order valence-electron chi connectivity index (χ3n) is 2.36. The van der Waals surface area contributed by atoms with Crippen LogP contribution in [-0.4, -0.2) is 13.4 Å². The van der Waals surface area contributed by atoms with E-state index in [9.17, 15) is 8.42 Å². The number of aromatic nitrogens is 1. The summed E-state index contributed by atoms with van der Waals surface area (Å²) in [6, 6.07) is 6.55. The number of pyridine rings is 1. The summed E-state index contributed by atoms with van der Waals surface area (Å²) in [4.78, 5) is 4.75. The molecule has 0 saturated heterocycles. The van der Waals surface area contributed by atoms with Crippen molar-refractivity contribution in [1.82, 2.24) is 9.71 Å². The Labute approximate surface area is 110 Å². The van der Waals surface area contributed by atoms with E-state index in [1.807, 2.05) is 17.5 Å². The van der Waals surface area contributed by atoms with Gasteiger partial charge in [0.25, 0.3) is 10.0 Å². The fraction of sp³-hybridized carbons (Fsp3) is 0.182. The van der Waals surface area contributed by atoms with Crippen molar-refractivity contribution in [3.8, 4) is 0 Å². The molecule has 18 heavy (non-hydrogen) atoms. The van der Waals surface area contributed by atoms with Crippen LogP contribution >= 0.6 is 11.3 Å². The Morgan fingerprint density at radius 2 is 2.17 bits per heavy atom. The van der Waals surface area contributed by atoms with E-state index in [0.717, 1.165) is 4.88 Å². The summed E-state index contributed by atoms with van der Waals surface area (Å²) in [5.41, 5.74) is 5.76. The molecule has 0 amide bonds. The number of hydrogen-bond acceptors (Lipinski definition) is 5. The molecule has 0 radical (unpaired) electrons. The third kappa shape index (κ3) is 2.69. The molecular formula is C11H13N3O2S2. The molecule has 2 heterocycles. The fourth-order valence-electron chi connectivity index (χ4n) is 1.51. The maximum absolute atomic E-state index is 12.1. The molecule has 1 atom stereocenters. The van der Waals surface area contributed by atoms with Crippen molar-refractivity contribution in [3.63, 3.8) is 0 Å². The Hall–Kier alpha value is -1.44. The standard InChI is InChI=1S/C11H13N3O2S2/c1-8(10-5-3-7-17-10)14-18(15,16)11-9(12)4-2-6-13-11/h2-8,14H,12H2,1H3. The van der Waals surface area contributed by atoms with Crippen LogP contribution in [0.1, 0.15) is 17.8 Å². The summed E-state index contributed by atoms with van der Waals surface area (Å²) in [6.07, 6.45) is 1.40. The average molecular weight is 283 g/mol.